The number of nitrogens with one attached hydrogen (secondary N) is 1. The van der Waals surface area contributed by atoms with E-state index in [2.05, 4.69) is 10.3 Å². The van der Waals surface area contributed by atoms with Crippen LogP contribution in [-0.4, -0.2) is 40.1 Å². The molecule has 29 heavy (non-hydrogen) atoms. The predicted molar refractivity (Wildman–Crippen MR) is 115 cm³/mol. The van der Waals surface area contributed by atoms with Gasteiger partial charge in [-0.25, -0.2) is 9.78 Å². The van der Waals surface area contributed by atoms with E-state index in [9.17, 15) is 9.59 Å². The van der Waals surface area contributed by atoms with Crippen molar-refractivity contribution in [3.05, 3.63) is 39.2 Å². The fourth-order valence-corrected chi connectivity index (χ4v) is 4.28. The Hall–Kier alpha value is -2.12. The van der Waals surface area contributed by atoms with Crippen LogP contribution in [0.3, 0.4) is 0 Å². The summed E-state index contributed by atoms with van der Waals surface area (Å²) in [6.45, 7) is 8.33. The lowest BCUT2D eigenvalue weighted by Crippen LogP contribution is -2.47. The number of aromatic nitrogens is 1. The molecule has 1 aliphatic rings. The van der Waals surface area contributed by atoms with Gasteiger partial charge in [0.25, 0.3) is 0 Å². The van der Waals surface area contributed by atoms with Crippen molar-refractivity contribution >= 4 is 34.9 Å². The third kappa shape index (κ3) is 5.48. The van der Waals surface area contributed by atoms with E-state index < -0.39 is 17.7 Å². The summed E-state index contributed by atoms with van der Waals surface area (Å²) < 4.78 is 5.43. The molecular formula is C21H26ClN3O3S. The molecule has 8 heteroatoms. The number of nitrogens with zero attached hydrogens (tertiary/aromatic N) is 2. The van der Waals surface area contributed by atoms with Gasteiger partial charge in [-0.05, 0) is 52.7 Å². The van der Waals surface area contributed by atoms with Crippen LogP contribution in [-0.2, 0) is 16.1 Å². The molecule has 0 bridgehead atoms. The number of ether oxygens (including phenoxy) is 1. The molecule has 1 aromatic carbocycles. The molecule has 0 spiro atoms. The number of aryl methyl sites for hydroxylation is 1. The second-order valence-electron chi connectivity index (χ2n) is 8.07. The third-order valence-corrected chi connectivity index (χ3v) is 5.78. The molecule has 1 fully saturated rings. The average Bonchev–Trinajstić information content (AvgIpc) is 3.26. The molecule has 1 aromatic heterocycles. The number of benzene rings is 1. The van der Waals surface area contributed by atoms with Crippen LogP contribution in [0.1, 0.15) is 43.5 Å². The molecule has 156 valence electrons. The van der Waals surface area contributed by atoms with E-state index >= 15 is 0 Å². The van der Waals surface area contributed by atoms with Crippen LogP contribution in [0.2, 0.25) is 5.02 Å². The fourth-order valence-electron chi connectivity index (χ4n) is 3.26. The summed E-state index contributed by atoms with van der Waals surface area (Å²) in [5.74, 6) is -0.172. The van der Waals surface area contributed by atoms with Crippen molar-refractivity contribution in [3.8, 4) is 11.3 Å². The van der Waals surface area contributed by atoms with Crippen LogP contribution in [0.5, 0.6) is 0 Å². The largest absolute Gasteiger partial charge is 0.444 e. The van der Waals surface area contributed by atoms with Crippen LogP contribution >= 0.6 is 22.9 Å². The number of carbonyl (C=O) groups is 2. The molecule has 1 atom stereocenters. The highest BCUT2D eigenvalue weighted by atomic mass is 35.5. The average molecular weight is 436 g/mol. The Labute approximate surface area is 180 Å². The van der Waals surface area contributed by atoms with Gasteiger partial charge in [-0.2, -0.15) is 0 Å². The van der Waals surface area contributed by atoms with Gasteiger partial charge < -0.3 is 10.1 Å². The predicted octanol–water partition coefficient (Wildman–Crippen LogP) is 4.79. The second-order valence-corrected chi connectivity index (χ2v) is 9.79. The van der Waals surface area contributed by atoms with Gasteiger partial charge in [0.05, 0.1) is 12.2 Å². The Kier molecular flexibility index (Phi) is 6.49. The highest BCUT2D eigenvalue weighted by Crippen LogP contribution is 2.28. The summed E-state index contributed by atoms with van der Waals surface area (Å²) in [6, 6.07) is 7.04. The summed E-state index contributed by atoms with van der Waals surface area (Å²) in [7, 11) is 0. The van der Waals surface area contributed by atoms with Crippen LogP contribution in [0.25, 0.3) is 11.3 Å². The summed E-state index contributed by atoms with van der Waals surface area (Å²) in [4.78, 5) is 32.3. The first-order chi connectivity index (χ1) is 13.6. The first-order valence-corrected chi connectivity index (χ1v) is 10.8. The van der Waals surface area contributed by atoms with Gasteiger partial charge in [0.1, 0.15) is 16.7 Å². The van der Waals surface area contributed by atoms with Gasteiger partial charge in [0, 0.05) is 22.0 Å². The van der Waals surface area contributed by atoms with Gasteiger partial charge in [0.2, 0.25) is 5.91 Å². The fraction of sp³-hybridized carbons (Fsp3) is 0.476. The zero-order valence-corrected chi connectivity index (χ0v) is 18.7. The Morgan fingerprint density at radius 2 is 2.00 bits per heavy atom. The number of thiazole rings is 1. The van der Waals surface area contributed by atoms with Crippen molar-refractivity contribution in [1.82, 2.24) is 15.2 Å². The number of hydrogen-bond acceptors (Lipinski definition) is 5. The number of halogens is 1. The van der Waals surface area contributed by atoms with Crippen molar-refractivity contribution in [1.29, 1.82) is 0 Å². The van der Waals surface area contributed by atoms with Gasteiger partial charge >= 0.3 is 6.09 Å². The number of rotatable bonds is 4. The Balaban J connectivity index is 1.62. The van der Waals surface area contributed by atoms with Gasteiger partial charge in [0.15, 0.2) is 0 Å². The number of hydrogen-bond donors (Lipinski definition) is 1. The molecule has 1 aliphatic heterocycles. The van der Waals surface area contributed by atoms with Gasteiger partial charge in [-0.3, -0.25) is 9.69 Å². The zero-order chi connectivity index (χ0) is 21.2. The first-order valence-electron chi connectivity index (χ1n) is 9.63. The lowest BCUT2D eigenvalue weighted by molar-refractivity contribution is -0.125. The van der Waals surface area contributed by atoms with Crippen molar-refractivity contribution in [2.45, 2.75) is 58.7 Å². The Morgan fingerprint density at radius 3 is 2.66 bits per heavy atom. The summed E-state index contributed by atoms with van der Waals surface area (Å²) in [5.41, 5.74) is 1.30. The zero-order valence-electron chi connectivity index (χ0n) is 17.1. The lowest BCUT2D eigenvalue weighted by Gasteiger charge is -2.27. The van der Waals surface area contributed by atoms with Crippen LogP contribution in [0.15, 0.2) is 24.3 Å². The van der Waals surface area contributed by atoms with Crippen LogP contribution < -0.4 is 5.32 Å². The monoisotopic (exact) mass is 435 g/mol. The van der Waals surface area contributed by atoms with E-state index in [1.54, 1.807) is 11.3 Å². The molecule has 0 aliphatic carbocycles. The van der Waals surface area contributed by atoms with Gasteiger partial charge in [-0.1, -0.05) is 23.7 Å². The maximum absolute atomic E-state index is 12.7. The highest BCUT2D eigenvalue weighted by molar-refractivity contribution is 7.12. The first kappa shape index (κ1) is 21.6. The summed E-state index contributed by atoms with van der Waals surface area (Å²) >= 11 is 7.51. The standard InChI is InChI=1S/C21H26ClN3O3S/c1-13-18(14-7-9-15(22)10-8-14)24-17(29-13)12-23-19(26)16-6-5-11-25(16)20(27)28-21(2,3)4/h7-10,16H,5-6,11-12H2,1-4H3,(H,23,26). The third-order valence-electron chi connectivity index (χ3n) is 4.56. The quantitative estimate of drug-likeness (QED) is 0.749. The number of carbonyl (C=O) groups excluding carboxylic acids is 2. The molecule has 1 saturated heterocycles. The molecule has 0 saturated carbocycles. The molecule has 6 nitrogen and oxygen atoms in total. The lowest BCUT2D eigenvalue weighted by atomic mass is 10.1. The SMILES string of the molecule is Cc1sc(CNC(=O)C2CCCN2C(=O)OC(C)(C)C)nc1-c1ccc(Cl)cc1. The molecule has 3 rings (SSSR count). The molecule has 1 unspecified atom stereocenters. The molecule has 2 amide bonds. The van der Waals surface area contributed by atoms with E-state index in [1.807, 2.05) is 52.0 Å². The van der Waals surface area contributed by atoms with Crippen LogP contribution in [0, 0.1) is 6.92 Å². The van der Waals surface area contributed by atoms with E-state index in [-0.39, 0.29) is 5.91 Å². The second kappa shape index (κ2) is 8.71. The van der Waals surface area contributed by atoms with Crippen molar-refractivity contribution in [2.75, 3.05) is 6.54 Å². The van der Waals surface area contributed by atoms with E-state index in [0.717, 1.165) is 27.6 Å². The number of likely N-dealkylation sites (tertiary alicyclic amines) is 1. The minimum atomic E-state index is -0.586. The highest BCUT2D eigenvalue weighted by Gasteiger charge is 2.36. The molecule has 2 heterocycles. The van der Waals surface area contributed by atoms with Crippen molar-refractivity contribution in [3.63, 3.8) is 0 Å². The molecular weight excluding hydrogens is 410 g/mol. The van der Waals surface area contributed by atoms with E-state index in [1.165, 1.54) is 4.90 Å². The molecule has 1 N–H and O–H groups in total. The Morgan fingerprint density at radius 1 is 1.31 bits per heavy atom. The minimum Gasteiger partial charge on any atom is -0.444 e. The minimum absolute atomic E-state index is 0.172. The smallest absolute Gasteiger partial charge is 0.410 e. The maximum Gasteiger partial charge on any atom is 0.410 e. The molecule has 2 aromatic rings. The molecule has 0 radical (unpaired) electrons. The summed E-state index contributed by atoms with van der Waals surface area (Å²) in [6.07, 6.45) is 0.983. The van der Waals surface area contributed by atoms with E-state index in [4.69, 9.17) is 16.3 Å². The van der Waals surface area contributed by atoms with E-state index in [0.29, 0.717) is 24.5 Å². The van der Waals surface area contributed by atoms with Crippen molar-refractivity contribution < 1.29 is 14.3 Å². The normalized spacial score (nSPS) is 16.7. The summed E-state index contributed by atoms with van der Waals surface area (Å²) in [5, 5.41) is 4.43. The maximum atomic E-state index is 12.7. The number of amides is 2. The topological polar surface area (TPSA) is 71.5 Å². The van der Waals surface area contributed by atoms with Crippen LogP contribution in [0.4, 0.5) is 4.79 Å². The Bertz CT molecular complexity index is 890. The van der Waals surface area contributed by atoms with Gasteiger partial charge in [-0.15, -0.1) is 11.3 Å². The van der Waals surface area contributed by atoms with Crippen molar-refractivity contribution in [2.24, 2.45) is 0 Å².